The molecule has 2 amide bonds. The Morgan fingerprint density at radius 2 is 1.57 bits per heavy atom. The summed E-state index contributed by atoms with van der Waals surface area (Å²) in [6, 6.07) is 0. The number of fused-ring (bicyclic) bond motifs is 1. The molecule has 0 unspecified atom stereocenters. The molecular weight excluding hydrogens is 286 g/mol. The highest BCUT2D eigenvalue weighted by atomic mass is 16.2. The van der Waals surface area contributed by atoms with Gasteiger partial charge in [0.15, 0.2) is 0 Å². The lowest BCUT2D eigenvalue weighted by Crippen LogP contribution is -2.52. The van der Waals surface area contributed by atoms with Crippen LogP contribution in [0.2, 0.25) is 0 Å². The van der Waals surface area contributed by atoms with Gasteiger partial charge in [-0.15, -0.1) is 0 Å². The van der Waals surface area contributed by atoms with E-state index < -0.39 is 0 Å². The number of allylic oxidation sites excluding steroid dienone is 2. The highest BCUT2D eigenvalue weighted by Gasteiger charge is 2.55. The van der Waals surface area contributed by atoms with Crippen LogP contribution in [0.15, 0.2) is 11.6 Å². The molecule has 3 nitrogen and oxygen atoms in total. The molecule has 0 N–H and O–H groups in total. The normalized spacial score (nSPS) is 48.0. The lowest BCUT2D eigenvalue weighted by Gasteiger charge is -2.57. The van der Waals surface area contributed by atoms with Gasteiger partial charge in [-0.2, -0.15) is 0 Å². The molecule has 0 aromatic rings. The molecule has 0 aromatic carbocycles. The Bertz CT molecular complexity index is 569. The van der Waals surface area contributed by atoms with Crippen molar-refractivity contribution in [2.45, 2.75) is 58.3 Å². The van der Waals surface area contributed by atoms with Crippen LogP contribution in [0.5, 0.6) is 0 Å². The van der Waals surface area contributed by atoms with Gasteiger partial charge in [0.05, 0.1) is 11.8 Å². The molecule has 1 saturated heterocycles. The smallest absolute Gasteiger partial charge is 0.233 e. The van der Waals surface area contributed by atoms with Crippen LogP contribution in [0, 0.1) is 35.0 Å². The molecule has 4 saturated carbocycles. The van der Waals surface area contributed by atoms with Gasteiger partial charge in [0, 0.05) is 6.54 Å². The minimum Gasteiger partial charge on any atom is -0.282 e. The van der Waals surface area contributed by atoms with E-state index in [1.807, 2.05) is 0 Å². The zero-order valence-corrected chi connectivity index (χ0v) is 14.1. The number of hydrogen-bond acceptors (Lipinski definition) is 2. The third kappa shape index (κ3) is 2.08. The Kier molecular flexibility index (Phi) is 2.91. The third-order valence-corrected chi connectivity index (χ3v) is 7.57. The molecule has 6 rings (SSSR count). The Hall–Kier alpha value is -1.12. The average Bonchev–Trinajstić information content (AvgIpc) is 2.70. The number of imide groups is 1. The molecular formula is C20H27NO2. The standard InChI is InChI=1S/C20H27NO2/c1-12-2-3-16-17(4-12)19(23)21(18(16)22)11-20-8-13-5-14(9-20)7-15(6-13)10-20/h2,13-17H,3-11H2,1H3/t13?,14?,15?,16-,17-,20?/m1/s1. The largest absolute Gasteiger partial charge is 0.282 e. The van der Waals surface area contributed by atoms with Crippen molar-refractivity contribution in [3.63, 3.8) is 0 Å². The predicted molar refractivity (Wildman–Crippen MR) is 87.3 cm³/mol. The van der Waals surface area contributed by atoms with E-state index in [0.29, 0.717) is 0 Å². The van der Waals surface area contributed by atoms with E-state index in [9.17, 15) is 9.59 Å². The minimum atomic E-state index is -0.0555. The van der Waals surface area contributed by atoms with Gasteiger partial charge in [0.1, 0.15) is 0 Å². The van der Waals surface area contributed by atoms with Crippen molar-refractivity contribution in [1.29, 1.82) is 0 Å². The molecule has 0 spiro atoms. The second kappa shape index (κ2) is 4.70. The summed E-state index contributed by atoms with van der Waals surface area (Å²) < 4.78 is 0. The van der Waals surface area contributed by atoms with Crippen molar-refractivity contribution < 1.29 is 9.59 Å². The van der Waals surface area contributed by atoms with Crippen molar-refractivity contribution in [3.8, 4) is 0 Å². The summed E-state index contributed by atoms with van der Waals surface area (Å²) in [5.41, 5.74) is 1.56. The number of carbonyl (C=O) groups excluding carboxylic acids is 2. The van der Waals surface area contributed by atoms with Crippen molar-refractivity contribution in [2.75, 3.05) is 6.54 Å². The van der Waals surface area contributed by atoms with Gasteiger partial charge in [-0.1, -0.05) is 11.6 Å². The first-order valence-electron chi connectivity index (χ1n) is 9.54. The Labute approximate surface area is 138 Å². The molecule has 3 heteroatoms. The molecule has 4 bridgehead atoms. The lowest BCUT2D eigenvalue weighted by molar-refractivity contribution is -0.146. The summed E-state index contributed by atoms with van der Waals surface area (Å²) in [6.07, 6.45) is 11.8. The van der Waals surface area contributed by atoms with Gasteiger partial charge in [0.2, 0.25) is 11.8 Å². The van der Waals surface area contributed by atoms with Gasteiger partial charge in [-0.05, 0) is 81.5 Å². The third-order valence-electron chi connectivity index (χ3n) is 7.57. The number of nitrogens with zero attached hydrogens (tertiary/aromatic N) is 1. The van der Waals surface area contributed by atoms with Crippen molar-refractivity contribution in [3.05, 3.63) is 11.6 Å². The van der Waals surface area contributed by atoms with Crippen LogP contribution in [-0.4, -0.2) is 23.3 Å². The summed E-state index contributed by atoms with van der Waals surface area (Å²) >= 11 is 0. The summed E-state index contributed by atoms with van der Waals surface area (Å²) in [5.74, 6) is 2.80. The molecule has 124 valence electrons. The van der Waals surface area contributed by atoms with Gasteiger partial charge < -0.3 is 0 Å². The first kappa shape index (κ1) is 14.2. The van der Waals surface area contributed by atoms with E-state index in [1.165, 1.54) is 44.1 Å². The Morgan fingerprint density at radius 1 is 1.00 bits per heavy atom. The van der Waals surface area contributed by atoms with E-state index in [2.05, 4.69) is 13.0 Å². The van der Waals surface area contributed by atoms with Gasteiger partial charge in [-0.25, -0.2) is 0 Å². The molecule has 2 atom stereocenters. The zero-order valence-electron chi connectivity index (χ0n) is 14.1. The fraction of sp³-hybridized carbons (Fsp3) is 0.800. The van der Waals surface area contributed by atoms with E-state index in [1.54, 1.807) is 4.90 Å². The fourth-order valence-corrected chi connectivity index (χ4v) is 7.08. The Morgan fingerprint density at radius 3 is 2.17 bits per heavy atom. The molecule has 1 heterocycles. The van der Waals surface area contributed by atoms with Crippen molar-refractivity contribution in [2.24, 2.45) is 35.0 Å². The second-order valence-corrected chi connectivity index (χ2v) is 9.38. The predicted octanol–water partition coefficient (Wildman–Crippen LogP) is 3.54. The van der Waals surface area contributed by atoms with Gasteiger partial charge >= 0.3 is 0 Å². The molecule has 5 aliphatic carbocycles. The van der Waals surface area contributed by atoms with Gasteiger partial charge in [-0.3, -0.25) is 14.5 Å². The number of amides is 2. The topological polar surface area (TPSA) is 37.4 Å². The first-order valence-corrected chi connectivity index (χ1v) is 9.54. The monoisotopic (exact) mass is 313 g/mol. The number of carbonyl (C=O) groups is 2. The number of rotatable bonds is 2. The molecule has 0 aromatic heterocycles. The highest BCUT2D eigenvalue weighted by Crippen LogP contribution is 2.60. The van der Waals surface area contributed by atoms with Crippen molar-refractivity contribution in [1.82, 2.24) is 4.90 Å². The molecule has 5 fully saturated rings. The maximum absolute atomic E-state index is 12.9. The van der Waals surface area contributed by atoms with Crippen LogP contribution in [-0.2, 0) is 9.59 Å². The Balaban J connectivity index is 1.39. The van der Waals surface area contributed by atoms with Crippen LogP contribution in [0.25, 0.3) is 0 Å². The van der Waals surface area contributed by atoms with Gasteiger partial charge in [0.25, 0.3) is 0 Å². The lowest BCUT2D eigenvalue weighted by atomic mass is 9.49. The SMILES string of the molecule is CC1=CC[C@H]2C(=O)N(CC34CC5CC(CC(C5)C3)C4)C(=O)[C@@H]2C1. The summed E-state index contributed by atoms with van der Waals surface area (Å²) in [4.78, 5) is 27.5. The van der Waals surface area contributed by atoms with Crippen molar-refractivity contribution >= 4 is 11.8 Å². The molecule has 1 aliphatic heterocycles. The maximum Gasteiger partial charge on any atom is 0.233 e. The zero-order chi connectivity index (χ0) is 15.8. The van der Waals surface area contributed by atoms with Crippen LogP contribution in [0.4, 0.5) is 0 Å². The van der Waals surface area contributed by atoms with Crippen LogP contribution in [0.3, 0.4) is 0 Å². The van der Waals surface area contributed by atoms with E-state index in [4.69, 9.17) is 0 Å². The van der Waals surface area contributed by atoms with E-state index >= 15 is 0 Å². The van der Waals surface area contributed by atoms with E-state index in [-0.39, 0.29) is 29.1 Å². The summed E-state index contributed by atoms with van der Waals surface area (Å²) in [6.45, 7) is 2.83. The number of likely N-dealkylation sites (tertiary alicyclic amines) is 1. The molecule has 6 aliphatic rings. The second-order valence-electron chi connectivity index (χ2n) is 9.38. The first-order chi connectivity index (χ1) is 11.0. The quantitative estimate of drug-likeness (QED) is 0.577. The minimum absolute atomic E-state index is 0.0542. The van der Waals surface area contributed by atoms with Crippen LogP contribution < -0.4 is 0 Å². The molecule has 23 heavy (non-hydrogen) atoms. The highest BCUT2D eigenvalue weighted by molar-refractivity contribution is 6.05. The molecule has 0 radical (unpaired) electrons. The fourth-order valence-electron chi connectivity index (χ4n) is 7.08. The van der Waals surface area contributed by atoms with Crippen LogP contribution in [0.1, 0.15) is 58.3 Å². The summed E-state index contributed by atoms with van der Waals surface area (Å²) in [7, 11) is 0. The van der Waals surface area contributed by atoms with E-state index in [0.717, 1.165) is 37.1 Å². The number of hydrogen-bond donors (Lipinski definition) is 0. The summed E-state index contributed by atoms with van der Waals surface area (Å²) in [5, 5.41) is 0. The average molecular weight is 313 g/mol. The maximum atomic E-state index is 12.9. The van der Waals surface area contributed by atoms with Crippen LogP contribution >= 0.6 is 0 Å².